The van der Waals surface area contributed by atoms with Crippen LogP contribution in [0.4, 0.5) is 16.3 Å². The summed E-state index contributed by atoms with van der Waals surface area (Å²) < 4.78 is 1.73. The third kappa shape index (κ3) is 6.64. The fraction of sp³-hybridized carbons (Fsp3) is 0.233. The molecule has 0 aliphatic heterocycles. The molecule has 1 heterocycles. The van der Waals surface area contributed by atoms with Crippen molar-refractivity contribution in [3.05, 3.63) is 96.1 Å². The van der Waals surface area contributed by atoms with Crippen molar-refractivity contribution in [1.82, 2.24) is 14.7 Å². The lowest BCUT2D eigenvalue weighted by molar-refractivity contribution is -0.116. The number of rotatable bonds is 9. The van der Waals surface area contributed by atoms with Crippen molar-refractivity contribution in [1.29, 1.82) is 0 Å². The summed E-state index contributed by atoms with van der Waals surface area (Å²) in [6.45, 7) is 6.43. The van der Waals surface area contributed by atoms with Gasteiger partial charge in [0, 0.05) is 23.9 Å². The predicted octanol–water partition coefficient (Wildman–Crippen LogP) is 6.43. The number of amides is 3. The van der Waals surface area contributed by atoms with Crippen LogP contribution in [0.1, 0.15) is 30.9 Å². The molecule has 0 spiro atoms. The molecule has 0 radical (unpaired) electrons. The van der Waals surface area contributed by atoms with Crippen LogP contribution in [-0.4, -0.2) is 39.7 Å². The zero-order valence-electron chi connectivity index (χ0n) is 21.6. The second-order valence-electron chi connectivity index (χ2n) is 9.10. The Labute approximate surface area is 218 Å². The van der Waals surface area contributed by atoms with E-state index < -0.39 is 0 Å². The maximum atomic E-state index is 13.2. The van der Waals surface area contributed by atoms with Crippen molar-refractivity contribution in [2.24, 2.45) is 0 Å². The topological polar surface area (TPSA) is 79.3 Å². The molecule has 7 nitrogen and oxygen atoms in total. The van der Waals surface area contributed by atoms with Gasteiger partial charge in [0.05, 0.1) is 11.4 Å². The van der Waals surface area contributed by atoms with E-state index in [1.54, 1.807) is 9.58 Å². The first kappa shape index (κ1) is 25.7. The first-order valence-electron chi connectivity index (χ1n) is 12.6. The second-order valence-corrected chi connectivity index (χ2v) is 9.10. The number of hydrogen-bond donors (Lipinski definition) is 2. The van der Waals surface area contributed by atoms with E-state index in [0.717, 1.165) is 46.6 Å². The minimum absolute atomic E-state index is 0.0720. The molecular formula is C30H33N5O2. The van der Waals surface area contributed by atoms with Crippen LogP contribution in [-0.2, 0) is 4.79 Å². The number of hydrogen-bond acceptors (Lipinski definition) is 3. The molecule has 1 aromatic heterocycles. The summed E-state index contributed by atoms with van der Waals surface area (Å²) in [7, 11) is 0. The van der Waals surface area contributed by atoms with Crippen LogP contribution in [0, 0.1) is 13.8 Å². The molecule has 3 amide bonds. The highest BCUT2D eigenvalue weighted by atomic mass is 16.2. The lowest BCUT2D eigenvalue weighted by Crippen LogP contribution is -2.41. The molecule has 0 aliphatic carbocycles. The Morgan fingerprint density at radius 3 is 2.30 bits per heavy atom. The van der Waals surface area contributed by atoms with E-state index >= 15 is 0 Å². The summed E-state index contributed by atoms with van der Waals surface area (Å²) in [4.78, 5) is 27.9. The number of nitrogens with zero attached hydrogens (tertiary/aromatic N) is 3. The Morgan fingerprint density at radius 2 is 1.59 bits per heavy atom. The number of nitrogens with one attached hydrogen (secondary N) is 2. The Bertz CT molecular complexity index is 1350. The van der Waals surface area contributed by atoms with E-state index in [9.17, 15) is 9.59 Å². The van der Waals surface area contributed by atoms with Crippen LogP contribution in [0.3, 0.4) is 0 Å². The molecule has 0 unspecified atom stereocenters. The van der Waals surface area contributed by atoms with Gasteiger partial charge in [-0.2, -0.15) is 5.10 Å². The summed E-state index contributed by atoms with van der Waals surface area (Å²) in [5.41, 5.74) is 5.37. The third-order valence-corrected chi connectivity index (χ3v) is 6.11. The van der Waals surface area contributed by atoms with Crippen molar-refractivity contribution in [2.45, 2.75) is 33.6 Å². The van der Waals surface area contributed by atoms with Crippen molar-refractivity contribution in [3.63, 3.8) is 0 Å². The zero-order chi connectivity index (χ0) is 26.2. The molecule has 37 heavy (non-hydrogen) atoms. The lowest BCUT2D eigenvalue weighted by atomic mass is 10.1. The van der Waals surface area contributed by atoms with Gasteiger partial charge >= 0.3 is 6.03 Å². The average molecular weight is 496 g/mol. The number of aromatic nitrogens is 2. The molecule has 0 fully saturated rings. The molecule has 0 saturated heterocycles. The molecule has 0 atom stereocenters. The predicted molar refractivity (Wildman–Crippen MR) is 149 cm³/mol. The van der Waals surface area contributed by atoms with Gasteiger partial charge in [0.25, 0.3) is 0 Å². The molecule has 7 heteroatoms. The molecular weight excluding hydrogens is 462 g/mol. The molecule has 0 saturated carbocycles. The van der Waals surface area contributed by atoms with Gasteiger partial charge in [0.1, 0.15) is 12.4 Å². The number of urea groups is 1. The van der Waals surface area contributed by atoms with Crippen molar-refractivity contribution >= 4 is 23.4 Å². The number of anilines is 2. The van der Waals surface area contributed by atoms with Crippen molar-refractivity contribution < 1.29 is 9.59 Å². The van der Waals surface area contributed by atoms with Gasteiger partial charge in [-0.05, 0) is 44.0 Å². The summed E-state index contributed by atoms with van der Waals surface area (Å²) in [5, 5.41) is 10.7. The number of benzene rings is 3. The maximum absolute atomic E-state index is 13.2. The monoisotopic (exact) mass is 495 g/mol. The Kier molecular flexibility index (Phi) is 8.36. The highest BCUT2D eigenvalue weighted by Crippen LogP contribution is 2.25. The molecule has 3 aromatic carbocycles. The van der Waals surface area contributed by atoms with E-state index in [1.807, 2.05) is 98.8 Å². The van der Waals surface area contributed by atoms with Gasteiger partial charge < -0.3 is 15.5 Å². The highest BCUT2D eigenvalue weighted by molar-refractivity contribution is 5.97. The molecule has 0 aliphatic rings. The summed E-state index contributed by atoms with van der Waals surface area (Å²) >= 11 is 0. The van der Waals surface area contributed by atoms with Gasteiger partial charge in [-0.1, -0.05) is 79.6 Å². The minimum atomic E-state index is -0.296. The SMILES string of the molecule is CCCCN(CC(=O)Nc1cc(-c2ccccc2)nn1-c1ccc(C)cc1)C(=O)Nc1ccccc1C. The quantitative estimate of drug-likeness (QED) is 0.281. The largest absolute Gasteiger partial charge is 0.322 e. The van der Waals surface area contributed by atoms with Crippen LogP contribution in [0.25, 0.3) is 16.9 Å². The Balaban J connectivity index is 1.56. The van der Waals surface area contributed by atoms with Crippen LogP contribution in [0.15, 0.2) is 84.9 Å². The molecule has 2 N–H and O–H groups in total. The van der Waals surface area contributed by atoms with E-state index in [-0.39, 0.29) is 18.5 Å². The Morgan fingerprint density at radius 1 is 0.892 bits per heavy atom. The number of para-hydroxylation sites is 1. The third-order valence-electron chi connectivity index (χ3n) is 6.11. The van der Waals surface area contributed by atoms with Gasteiger partial charge in [-0.25, -0.2) is 9.48 Å². The van der Waals surface area contributed by atoms with Gasteiger partial charge in [0.15, 0.2) is 0 Å². The lowest BCUT2D eigenvalue weighted by Gasteiger charge is -2.23. The van der Waals surface area contributed by atoms with Crippen LogP contribution >= 0.6 is 0 Å². The van der Waals surface area contributed by atoms with E-state index in [1.165, 1.54) is 0 Å². The number of carbonyl (C=O) groups is 2. The number of carbonyl (C=O) groups excluding carboxylic acids is 2. The van der Waals surface area contributed by atoms with Crippen LogP contribution < -0.4 is 10.6 Å². The van der Waals surface area contributed by atoms with Gasteiger partial charge in [-0.15, -0.1) is 0 Å². The van der Waals surface area contributed by atoms with Crippen molar-refractivity contribution in [3.8, 4) is 16.9 Å². The summed E-state index contributed by atoms with van der Waals surface area (Å²) in [6.07, 6.45) is 1.71. The summed E-state index contributed by atoms with van der Waals surface area (Å²) in [6, 6.07) is 26.9. The standard InChI is InChI=1S/C30H33N5O2/c1-4-5-19-34(30(37)31-26-14-10-9-11-23(26)3)21-29(36)32-28-20-27(24-12-7-6-8-13-24)33-35(28)25-17-15-22(2)16-18-25/h6-18,20H,4-5,19,21H2,1-3H3,(H,31,37)(H,32,36). The van der Waals surface area contributed by atoms with Crippen LogP contribution in [0.5, 0.6) is 0 Å². The Hall–Kier alpha value is -4.39. The fourth-order valence-electron chi connectivity index (χ4n) is 3.97. The second kappa shape index (κ2) is 12.0. The number of unbranched alkanes of at least 4 members (excludes halogenated alkanes) is 1. The molecule has 0 bridgehead atoms. The highest BCUT2D eigenvalue weighted by Gasteiger charge is 2.20. The smallest absolute Gasteiger partial charge is 0.315 e. The molecule has 190 valence electrons. The normalized spacial score (nSPS) is 10.7. The summed E-state index contributed by atoms with van der Waals surface area (Å²) in [5.74, 6) is 0.256. The zero-order valence-corrected chi connectivity index (χ0v) is 21.6. The van der Waals surface area contributed by atoms with E-state index in [4.69, 9.17) is 5.10 Å². The maximum Gasteiger partial charge on any atom is 0.322 e. The average Bonchev–Trinajstić information content (AvgIpc) is 3.32. The minimum Gasteiger partial charge on any atom is -0.315 e. The van der Waals surface area contributed by atoms with E-state index in [0.29, 0.717) is 12.4 Å². The number of aryl methyl sites for hydroxylation is 2. The first-order chi connectivity index (χ1) is 17.9. The fourth-order valence-corrected chi connectivity index (χ4v) is 3.97. The van der Waals surface area contributed by atoms with Gasteiger partial charge in [0.2, 0.25) is 5.91 Å². The van der Waals surface area contributed by atoms with Gasteiger partial charge in [-0.3, -0.25) is 4.79 Å². The van der Waals surface area contributed by atoms with Crippen molar-refractivity contribution in [2.75, 3.05) is 23.7 Å². The van der Waals surface area contributed by atoms with E-state index in [2.05, 4.69) is 17.6 Å². The first-order valence-corrected chi connectivity index (χ1v) is 12.6. The molecule has 4 aromatic rings. The van der Waals surface area contributed by atoms with Crippen LogP contribution in [0.2, 0.25) is 0 Å². The molecule has 4 rings (SSSR count).